The first kappa shape index (κ1) is 18.2. The van der Waals surface area contributed by atoms with Crippen LogP contribution in [0.2, 0.25) is 0 Å². The number of nitrogens with one attached hydrogen (secondary N) is 1. The number of methoxy groups -OCH3 is 1. The molecule has 26 heavy (non-hydrogen) atoms. The Hall–Kier alpha value is -2.57. The first-order valence-electron chi connectivity index (χ1n) is 7.39. The van der Waals surface area contributed by atoms with Crippen molar-refractivity contribution in [2.45, 2.75) is 17.9 Å². The van der Waals surface area contributed by atoms with E-state index in [1.807, 2.05) is 0 Å². The highest BCUT2D eigenvalue weighted by Crippen LogP contribution is 2.31. The number of rotatable bonds is 4. The molecule has 0 fully saturated rings. The van der Waals surface area contributed by atoms with Crippen molar-refractivity contribution in [3.8, 4) is 0 Å². The number of nitro benzene ring substituents is 1. The SMILES string of the molecule is COC(=O)Nc1nc2c(s1)CN(S(=O)(=O)c1ccc([N+](=O)[O-])cc1)CC2. The molecule has 0 radical (unpaired) electrons. The van der Waals surface area contributed by atoms with Crippen molar-refractivity contribution >= 4 is 38.3 Å². The number of sulfonamides is 1. The second-order valence-corrected chi connectivity index (χ2v) is 8.37. The van der Waals surface area contributed by atoms with Crippen LogP contribution >= 0.6 is 11.3 Å². The Labute approximate surface area is 152 Å². The molecule has 1 aliphatic heterocycles. The molecule has 1 aromatic carbocycles. The number of nitrogens with zero attached hydrogens (tertiary/aromatic N) is 3. The molecule has 0 saturated heterocycles. The molecule has 1 aliphatic rings. The van der Waals surface area contributed by atoms with E-state index in [4.69, 9.17) is 0 Å². The molecular formula is C14H14N4O6S2. The van der Waals surface area contributed by atoms with Gasteiger partial charge in [-0.2, -0.15) is 4.31 Å². The first-order chi connectivity index (χ1) is 12.3. The molecule has 1 amide bonds. The number of hydrogen-bond acceptors (Lipinski definition) is 8. The van der Waals surface area contributed by atoms with Crippen molar-refractivity contribution < 1.29 is 22.9 Å². The largest absolute Gasteiger partial charge is 0.453 e. The van der Waals surface area contributed by atoms with Gasteiger partial charge in [-0.05, 0) is 12.1 Å². The van der Waals surface area contributed by atoms with Gasteiger partial charge in [0.05, 0.1) is 29.2 Å². The van der Waals surface area contributed by atoms with Crippen molar-refractivity contribution in [3.63, 3.8) is 0 Å². The molecule has 2 aromatic rings. The van der Waals surface area contributed by atoms with E-state index in [2.05, 4.69) is 15.0 Å². The molecule has 0 unspecified atom stereocenters. The number of nitro groups is 1. The Bertz CT molecular complexity index is 954. The first-order valence-corrected chi connectivity index (χ1v) is 9.65. The predicted molar refractivity (Wildman–Crippen MR) is 92.5 cm³/mol. The lowest BCUT2D eigenvalue weighted by Gasteiger charge is -2.25. The Morgan fingerprint density at radius 2 is 2.08 bits per heavy atom. The monoisotopic (exact) mass is 398 g/mol. The van der Waals surface area contributed by atoms with Gasteiger partial charge in [-0.25, -0.2) is 18.2 Å². The second-order valence-electron chi connectivity index (χ2n) is 5.35. The minimum atomic E-state index is -3.79. The average molecular weight is 398 g/mol. The molecule has 0 spiro atoms. The third-order valence-electron chi connectivity index (χ3n) is 3.78. The van der Waals surface area contributed by atoms with Gasteiger partial charge in [0.2, 0.25) is 10.0 Å². The van der Waals surface area contributed by atoms with Crippen LogP contribution in [0.4, 0.5) is 15.6 Å². The number of aromatic nitrogens is 1. The van der Waals surface area contributed by atoms with E-state index in [-0.39, 0.29) is 23.7 Å². The van der Waals surface area contributed by atoms with Gasteiger partial charge in [0.1, 0.15) is 0 Å². The summed E-state index contributed by atoms with van der Waals surface area (Å²) in [5.41, 5.74) is 0.558. The number of ether oxygens (including phenoxy) is 1. The third-order valence-corrected chi connectivity index (χ3v) is 6.63. The Morgan fingerprint density at radius 1 is 1.38 bits per heavy atom. The number of hydrogen-bond donors (Lipinski definition) is 1. The van der Waals surface area contributed by atoms with Crippen LogP contribution in [0.15, 0.2) is 29.2 Å². The number of anilines is 1. The fraction of sp³-hybridized carbons (Fsp3) is 0.286. The second kappa shape index (κ2) is 6.97. The predicted octanol–water partition coefficient (Wildman–Crippen LogP) is 1.98. The van der Waals surface area contributed by atoms with Crippen LogP contribution < -0.4 is 5.32 Å². The minimum Gasteiger partial charge on any atom is -0.453 e. The smallest absolute Gasteiger partial charge is 0.413 e. The van der Waals surface area contributed by atoms with Gasteiger partial charge < -0.3 is 4.74 Å². The fourth-order valence-electron chi connectivity index (χ4n) is 2.46. The topological polar surface area (TPSA) is 132 Å². The molecule has 12 heteroatoms. The van der Waals surface area contributed by atoms with Crippen LogP contribution in [-0.2, 0) is 27.7 Å². The summed E-state index contributed by atoms with van der Waals surface area (Å²) in [6.45, 7) is 0.350. The molecule has 0 aliphatic carbocycles. The van der Waals surface area contributed by atoms with Crippen LogP contribution in [0.25, 0.3) is 0 Å². The van der Waals surface area contributed by atoms with E-state index in [9.17, 15) is 23.3 Å². The molecule has 1 N–H and O–H groups in total. The molecule has 0 saturated carbocycles. The summed E-state index contributed by atoms with van der Waals surface area (Å²) in [5, 5.41) is 13.5. The van der Waals surface area contributed by atoms with Crippen LogP contribution in [-0.4, -0.2) is 42.4 Å². The van der Waals surface area contributed by atoms with E-state index in [0.717, 1.165) is 22.7 Å². The number of thiazole rings is 1. The van der Waals surface area contributed by atoms with Crippen LogP contribution in [0.1, 0.15) is 10.6 Å². The van der Waals surface area contributed by atoms with E-state index >= 15 is 0 Å². The minimum absolute atomic E-state index is 0.0102. The molecule has 1 aromatic heterocycles. The van der Waals surface area contributed by atoms with Gasteiger partial charge >= 0.3 is 6.09 Å². The summed E-state index contributed by atoms with van der Waals surface area (Å²) in [6, 6.07) is 4.76. The summed E-state index contributed by atoms with van der Waals surface area (Å²) in [7, 11) is -2.55. The maximum atomic E-state index is 12.8. The highest BCUT2D eigenvalue weighted by Gasteiger charge is 2.31. The van der Waals surface area contributed by atoms with Crippen molar-refractivity contribution in [1.82, 2.24) is 9.29 Å². The summed E-state index contributed by atoms with van der Waals surface area (Å²) < 4.78 is 31.3. The van der Waals surface area contributed by atoms with Gasteiger partial charge in [0.15, 0.2) is 5.13 Å². The van der Waals surface area contributed by atoms with Gasteiger partial charge in [0.25, 0.3) is 5.69 Å². The zero-order valence-electron chi connectivity index (χ0n) is 13.5. The Balaban J connectivity index is 1.80. The van der Waals surface area contributed by atoms with Crippen LogP contribution in [0.3, 0.4) is 0 Å². The number of non-ortho nitro benzene ring substituents is 1. The lowest BCUT2D eigenvalue weighted by Crippen LogP contribution is -2.35. The highest BCUT2D eigenvalue weighted by molar-refractivity contribution is 7.89. The number of carbonyl (C=O) groups is 1. The van der Waals surface area contributed by atoms with Crippen LogP contribution in [0.5, 0.6) is 0 Å². The number of benzene rings is 1. The third kappa shape index (κ3) is 3.52. The number of amides is 1. The lowest BCUT2D eigenvalue weighted by atomic mass is 10.2. The van der Waals surface area contributed by atoms with Crippen LogP contribution in [0, 0.1) is 10.1 Å². The van der Waals surface area contributed by atoms with E-state index < -0.39 is 21.0 Å². The van der Waals surface area contributed by atoms with Crippen molar-refractivity contribution in [2.24, 2.45) is 0 Å². The summed E-state index contributed by atoms with van der Waals surface area (Å²) in [4.78, 5) is 26.4. The van der Waals surface area contributed by atoms with Crippen molar-refractivity contribution in [2.75, 3.05) is 19.0 Å². The molecular weight excluding hydrogens is 384 g/mol. The molecule has 3 rings (SSSR count). The molecule has 138 valence electrons. The highest BCUT2D eigenvalue weighted by atomic mass is 32.2. The van der Waals surface area contributed by atoms with Gasteiger partial charge in [-0.3, -0.25) is 15.4 Å². The van der Waals surface area contributed by atoms with Gasteiger partial charge in [-0.15, -0.1) is 0 Å². The zero-order chi connectivity index (χ0) is 18.9. The lowest BCUT2D eigenvalue weighted by molar-refractivity contribution is -0.384. The summed E-state index contributed by atoms with van der Waals surface area (Å²) >= 11 is 1.18. The van der Waals surface area contributed by atoms with Crippen molar-refractivity contribution in [3.05, 3.63) is 45.0 Å². The fourth-order valence-corrected chi connectivity index (χ4v) is 4.96. The number of carbonyl (C=O) groups excluding carboxylic acids is 1. The standard InChI is InChI=1S/C14H14N4O6S2/c1-24-14(19)16-13-15-11-6-7-17(8-12(11)25-13)26(22,23)10-4-2-9(3-5-10)18(20)21/h2-5H,6-8H2,1H3,(H,15,16,19). The maximum absolute atomic E-state index is 12.8. The quantitative estimate of drug-likeness (QED) is 0.615. The van der Waals surface area contributed by atoms with Gasteiger partial charge in [-0.1, -0.05) is 11.3 Å². The molecule has 10 nitrogen and oxygen atoms in total. The Morgan fingerprint density at radius 3 is 2.69 bits per heavy atom. The normalized spacial score (nSPS) is 14.5. The Kier molecular flexibility index (Phi) is 4.89. The molecule has 0 bridgehead atoms. The number of fused-ring (bicyclic) bond motifs is 1. The van der Waals surface area contributed by atoms with E-state index in [1.54, 1.807) is 0 Å². The summed E-state index contributed by atoms with van der Waals surface area (Å²) in [6.07, 6.45) is -0.243. The average Bonchev–Trinajstić information content (AvgIpc) is 3.02. The molecule has 2 heterocycles. The maximum Gasteiger partial charge on any atom is 0.413 e. The van der Waals surface area contributed by atoms with Gasteiger partial charge in [0, 0.05) is 30.0 Å². The zero-order valence-corrected chi connectivity index (χ0v) is 15.2. The van der Waals surface area contributed by atoms with E-state index in [0.29, 0.717) is 11.6 Å². The van der Waals surface area contributed by atoms with Crippen molar-refractivity contribution in [1.29, 1.82) is 0 Å². The van der Waals surface area contributed by atoms with E-state index in [1.165, 1.54) is 34.9 Å². The molecule has 0 atom stereocenters. The summed E-state index contributed by atoms with van der Waals surface area (Å²) in [5.74, 6) is 0.